The average Bonchev–Trinajstić information content (AvgIpc) is 3.06. The van der Waals surface area contributed by atoms with Crippen LogP contribution < -0.4 is 10.2 Å². The van der Waals surface area contributed by atoms with E-state index in [9.17, 15) is 4.79 Å². The van der Waals surface area contributed by atoms with Gasteiger partial charge >= 0.3 is 0 Å². The molecule has 26 heavy (non-hydrogen) atoms. The molecular formula is C21H33N3O2. The van der Waals surface area contributed by atoms with E-state index in [4.69, 9.17) is 4.74 Å². The molecule has 3 rings (SSSR count). The molecule has 5 nitrogen and oxygen atoms in total. The highest BCUT2D eigenvalue weighted by Gasteiger charge is 2.24. The van der Waals surface area contributed by atoms with Crippen LogP contribution in [0.5, 0.6) is 0 Å². The predicted octanol–water partition coefficient (Wildman–Crippen LogP) is 2.30. The summed E-state index contributed by atoms with van der Waals surface area (Å²) in [5.41, 5.74) is 2.78. The van der Waals surface area contributed by atoms with Gasteiger partial charge in [0.2, 0.25) is 5.91 Å². The van der Waals surface area contributed by atoms with Crippen LogP contribution in [-0.2, 0) is 16.0 Å². The number of nitrogens with zero attached hydrogens (tertiary/aromatic N) is 2. The maximum atomic E-state index is 12.3. The van der Waals surface area contributed by atoms with Crippen molar-refractivity contribution in [1.29, 1.82) is 0 Å². The van der Waals surface area contributed by atoms with E-state index in [-0.39, 0.29) is 5.91 Å². The number of benzene rings is 1. The quantitative estimate of drug-likeness (QED) is 0.774. The molecule has 5 heteroatoms. The summed E-state index contributed by atoms with van der Waals surface area (Å²) in [6.07, 6.45) is 2.63. The monoisotopic (exact) mass is 359 g/mol. The Morgan fingerprint density at radius 2 is 1.96 bits per heavy atom. The van der Waals surface area contributed by atoms with Crippen LogP contribution in [-0.4, -0.2) is 62.8 Å². The van der Waals surface area contributed by atoms with E-state index >= 15 is 0 Å². The van der Waals surface area contributed by atoms with E-state index in [1.54, 1.807) is 0 Å². The number of ether oxygens (including phenoxy) is 1. The summed E-state index contributed by atoms with van der Waals surface area (Å²) in [5, 5.41) is 3.17. The van der Waals surface area contributed by atoms with Gasteiger partial charge in [-0.15, -0.1) is 0 Å². The van der Waals surface area contributed by atoms with Crippen molar-refractivity contribution in [3.8, 4) is 0 Å². The van der Waals surface area contributed by atoms with Crippen LogP contribution in [0, 0.1) is 5.92 Å². The Morgan fingerprint density at radius 1 is 1.19 bits per heavy atom. The number of hydrogen-bond donors (Lipinski definition) is 1. The summed E-state index contributed by atoms with van der Waals surface area (Å²) in [6.45, 7) is 10.8. The van der Waals surface area contributed by atoms with Crippen LogP contribution >= 0.6 is 0 Å². The highest BCUT2D eigenvalue weighted by atomic mass is 16.5. The first-order valence-corrected chi connectivity index (χ1v) is 10.1. The standard InChI is InChI=1S/C21H33N3O2/c1-17(2)20(24-12-14-26-15-13-24)16-22-21(25)8-5-10-23-11-9-18-6-3-4-7-19(18)23/h3-4,6-7,17,20H,5,8-16H2,1-2H3,(H,22,25)/t20-/m0/s1. The maximum absolute atomic E-state index is 12.3. The molecule has 0 aromatic heterocycles. The van der Waals surface area contributed by atoms with Crippen molar-refractivity contribution in [1.82, 2.24) is 10.2 Å². The molecule has 0 bridgehead atoms. The molecule has 0 aliphatic carbocycles. The molecule has 1 atom stereocenters. The fraction of sp³-hybridized carbons (Fsp3) is 0.667. The molecule has 1 aromatic carbocycles. The van der Waals surface area contributed by atoms with Gasteiger partial charge in [-0.3, -0.25) is 9.69 Å². The molecule has 1 saturated heterocycles. The topological polar surface area (TPSA) is 44.8 Å². The maximum Gasteiger partial charge on any atom is 0.220 e. The summed E-state index contributed by atoms with van der Waals surface area (Å²) in [6, 6.07) is 9.00. The fourth-order valence-electron chi connectivity index (χ4n) is 4.07. The van der Waals surface area contributed by atoms with Crippen molar-refractivity contribution in [2.24, 2.45) is 5.92 Å². The molecule has 0 radical (unpaired) electrons. The van der Waals surface area contributed by atoms with Crippen molar-refractivity contribution in [3.63, 3.8) is 0 Å². The molecular weight excluding hydrogens is 326 g/mol. The van der Waals surface area contributed by atoms with Gasteiger partial charge in [0.25, 0.3) is 0 Å². The van der Waals surface area contributed by atoms with Gasteiger partial charge in [0.1, 0.15) is 0 Å². The number of anilines is 1. The van der Waals surface area contributed by atoms with E-state index in [0.717, 1.165) is 58.8 Å². The number of para-hydroxylation sites is 1. The van der Waals surface area contributed by atoms with Gasteiger partial charge in [0.15, 0.2) is 0 Å². The molecule has 2 aliphatic rings. The van der Waals surface area contributed by atoms with Crippen LogP contribution in [0.2, 0.25) is 0 Å². The van der Waals surface area contributed by atoms with Gasteiger partial charge in [-0.05, 0) is 30.4 Å². The second-order valence-corrected chi connectivity index (χ2v) is 7.73. The Balaban J connectivity index is 1.38. The first-order chi connectivity index (χ1) is 12.6. The minimum absolute atomic E-state index is 0.177. The second-order valence-electron chi connectivity index (χ2n) is 7.73. The molecule has 0 spiro atoms. The Labute approximate surface area is 157 Å². The molecule has 2 aliphatic heterocycles. The highest BCUT2D eigenvalue weighted by molar-refractivity contribution is 5.76. The van der Waals surface area contributed by atoms with E-state index in [1.807, 2.05) is 0 Å². The molecule has 1 N–H and O–H groups in total. The lowest BCUT2D eigenvalue weighted by Gasteiger charge is -2.36. The molecule has 1 fully saturated rings. The van der Waals surface area contributed by atoms with Crippen LogP contribution in [0.15, 0.2) is 24.3 Å². The number of fused-ring (bicyclic) bond motifs is 1. The summed E-state index contributed by atoms with van der Waals surface area (Å²) in [7, 11) is 0. The molecule has 1 amide bonds. The van der Waals surface area contributed by atoms with Crippen LogP contribution in [0.25, 0.3) is 0 Å². The third kappa shape index (κ3) is 4.98. The van der Waals surface area contributed by atoms with E-state index in [1.165, 1.54) is 11.3 Å². The van der Waals surface area contributed by atoms with Gasteiger partial charge in [-0.1, -0.05) is 32.0 Å². The van der Waals surface area contributed by atoms with Crippen molar-refractivity contribution >= 4 is 11.6 Å². The largest absolute Gasteiger partial charge is 0.379 e. The predicted molar refractivity (Wildman–Crippen MR) is 106 cm³/mol. The Kier molecular flexibility index (Phi) is 6.92. The van der Waals surface area contributed by atoms with Gasteiger partial charge in [0, 0.05) is 50.9 Å². The Bertz CT molecular complexity index is 584. The Morgan fingerprint density at radius 3 is 2.73 bits per heavy atom. The molecule has 2 heterocycles. The molecule has 0 unspecified atom stereocenters. The van der Waals surface area contributed by atoms with Gasteiger partial charge in [-0.25, -0.2) is 0 Å². The number of carbonyl (C=O) groups is 1. The fourth-order valence-corrected chi connectivity index (χ4v) is 4.07. The highest BCUT2D eigenvalue weighted by Crippen LogP contribution is 2.27. The number of nitrogens with one attached hydrogen (secondary N) is 1. The van der Waals surface area contributed by atoms with Gasteiger partial charge in [-0.2, -0.15) is 0 Å². The van der Waals surface area contributed by atoms with Crippen LogP contribution in [0.4, 0.5) is 5.69 Å². The molecule has 1 aromatic rings. The smallest absolute Gasteiger partial charge is 0.220 e. The zero-order valence-corrected chi connectivity index (χ0v) is 16.2. The number of morpholine rings is 1. The number of carbonyl (C=O) groups excluding carboxylic acids is 1. The normalized spacial score (nSPS) is 18.8. The van der Waals surface area contributed by atoms with Crippen LogP contribution in [0.3, 0.4) is 0 Å². The summed E-state index contributed by atoms with van der Waals surface area (Å²) < 4.78 is 5.45. The summed E-state index contributed by atoms with van der Waals surface area (Å²) in [4.78, 5) is 17.2. The lowest BCUT2D eigenvalue weighted by atomic mass is 10.0. The third-order valence-corrected chi connectivity index (χ3v) is 5.61. The van der Waals surface area contributed by atoms with E-state index in [2.05, 4.69) is 53.2 Å². The zero-order valence-electron chi connectivity index (χ0n) is 16.2. The average molecular weight is 360 g/mol. The lowest BCUT2D eigenvalue weighted by molar-refractivity contribution is -0.121. The van der Waals surface area contributed by atoms with Crippen molar-refractivity contribution in [2.45, 2.75) is 39.2 Å². The third-order valence-electron chi connectivity index (χ3n) is 5.61. The molecule has 144 valence electrons. The van der Waals surface area contributed by atoms with Crippen molar-refractivity contribution in [2.75, 3.05) is 50.8 Å². The van der Waals surface area contributed by atoms with Gasteiger partial charge in [0.05, 0.1) is 13.2 Å². The van der Waals surface area contributed by atoms with E-state index < -0.39 is 0 Å². The second kappa shape index (κ2) is 9.38. The van der Waals surface area contributed by atoms with Crippen LogP contribution in [0.1, 0.15) is 32.3 Å². The minimum atomic E-state index is 0.177. The number of hydrogen-bond acceptors (Lipinski definition) is 4. The number of amides is 1. The first kappa shape index (κ1) is 19.2. The van der Waals surface area contributed by atoms with Gasteiger partial charge < -0.3 is 15.0 Å². The first-order valence-electron chi connectivity index (χ1n) is 10.1. The minimum Gasteiger partial charge on any atom is -0.379 e. The Hall–Kier alpha value is -1.59. The summed E-state index contributed by atoms with van der Waals surface area (Å²) >= 11 is 0. The SMILES string of the molecule is CC(C)[C@H](CNC(=O)CCCN1CCc2ccccc21)N1CCOCC1. The lowest BCUT2D eigenvalue weighted by Crippen LogP contribution is -2.51. The zero-order chi connectivity index (χ0) is 18.4. The van der Waals surface area contributed by atoms with E-state index in [0.29, 0.717) is 18.4 Å². The summed E-state index contributed by atoms with van der Waals surface area (Å²) in [5.74, 6) is 0.700. The van der Waals surface area contributed by atoms with Crippen molar-refractivity contribution in [3.05, 3.63) is 29.8 Å². The molecule has 0 saturated carbocycles. The van der Waals surface area contributed by atoms with Crippen molar-refractivity contribution < 1.29 is 9.53 Å². The number of rotatable bonds is 8.